The molecule has 0 saturated heterocycles. The molecule has 8 aromatic rings. The average molecular weight is 762 g/mol. The molecule has 0 saturated carbocycles. The monoisotopic (exact) mass is 761 g/mol. The first-order valence-corrected chi connectivity index (χ1v) is 21.2. The summed E-state index contributed by atoms with van der Waals surface area (Å²) in [6.07, 6.45) is 0. The lowest BCUT2D eigenvalue weighted by Gasteiger charge is -2.43. The van der Waals surface area contributed by atoms with E-state index < -0.39 is 5.41 Å². The number of benzene rings is 8. The van der Waals surface area contributed by atoms with Crippen molar-refractivity contribution in [3.8, 4) is 33.8 Å². The van der Waals surface area contributed by atoms with Gasteiger partial charge in [-0.3, -0.25) is 0 Å². The summed E-state index contributed by atoms with van der Waals surface area (Å²) in [7, 11) is 0. The lowest BCUT2D eigenvalue weighted by atomic mass is 9.33. The molecule has 4 heteroatoms. The molecule has 276 valence electrons. The Morgan fingerprint density at radius 1 is 0.534 bits per heavy atom. The number of fused-ring (bicyclic) bond motifs is 14. The SMILES string of the molecule is Cc1cc2c3c(c1)N(c1ccc(C(C)(C)C)cc1-c1ccccc1)c1ccc4c(c1B3c1ccccc1O2)-c1ccccc1C41c2ccccc2Sc2ccccc21. The molecule has 3 heterocycles. The van der Waals surface area contributed by atoms with Gasteiger partial charge >= 0.3 is 0 Å². The molecule has 0 aromatic heterocycles. The number of nitrogens with zero attached hydrogens (tertiary/aromatic N) is 1. The quantitative estimate of drug-likeness (QED) is 0.163. The maximum Gasteiger partial charge on any atom is 0.257 e. The van der Waals surface area contributed by atoms with Crippen LogP contribution < -0.4 is 26.0 Å². The third kappa shape index (κ3) is 4.52. The third-order valence-corrected chi connectivity index (χ3v) is 14.1. The predicted octanol–water partition coefficient (Wildman–Crippen LogP) is 12.2. The van der Waals surface area contributed by atoms with E-state index in [1.165, 1.54) is 93.2 Å². The van der Waals surface area contributed by atoms with Crippen molar-refractivity contribution in [1.29, 1.82) is 0 Å². The van der Waals surface area contributed by atoms with Crippen LogP contribution in [0.5, 0.6) is 11.5 Å². The van der Waals surface area contributed by atoms with Crippen molar-refractivity contribution in [3.63, 3.8) is 0 Å². The van der Waals surface area contributed by atoms with Crippen LogP contribution in [0.1, 0.15) is 54.2 Å². The lowest BCUT2D eigenvalue weighted by Crippen LogP contribution is -2.60. The minimum atomic E-state index is -0.477. The molecule has 1 aliphatic carbocycles. The summed E-state index contributed by atoms with van der Waals surface area (Å²) in [5, 5.41) is 0. The molecule has 0 N–H and O–H groups in total. The summed E-state index contributed by atoms with van der Waals surface area (Å²) in [6, 6.07) is 63.8. The second kappa shape index (κ2) is 12.1. The van der Waals surface area contributed by atoms with Crippen LogP contribution in [0.25, 0.3) is 22.3 Å². The Balaban J connectivity index is 1.24. The molecule has 8 aromatic carbocycles. The molecule has 4 aliphatic rings. The van der Waals surface area contributed by atoms with Crippen molar-refractivity contribution in [2.24, 2.45) is 0 Å². The minimum Gasteiger partial charge on any atom is -0.458 e. The van der Waals surface area contributed by atoms with Gasteiger partial charge in [0, 0.05) is 26.7 Å². The van der Waals surface area contributed by atoms with Gasteiger partial charge in [0.15, 0.2) is 0 Å². The van der Waals surface area contributed by atoms with E-state index >= 15 is 0 Å². The van der Waals surface area contributed by atoms with Crippen LogP contribution in [0.2, 0.25) is 0 Å². The maximum absolute atomic E-state index is 6.95. The van der Waals surface area contributed by atoms with Gasteiger partial charge in [0.1, 0.15) is 11.5 Å². The molecule has 0 bridgehead atoms. The van der Waals surface area contributed by atoms with Gasteiger partial charge < -0.3 is 9.64 Å². The first-order chi connectivity index (χ1) is 28.3. The number of hydrogen-bond donors (Lipinski definition) is 0. The van der Waals surface area contributed by atoms with E-state index in [4.69, 9.17) is 4.74 Å². The Labute approximate surface area is 345 Å². The second-order valence-electron chi connectivity index (χ2n) is 17.3. The number of para-hydroxylation sites is 1. The first kappa shape index (κ1) is 33.9. The number of anilines is 3. The molecule has 0 amide bonds. The van der Waals surface area contributed by atoms with Gasteiger partial charge in [-0.2, -0.15) is 0 Å². The zero-order chi connectivity index (χ0) is 38.9. The van der Waals surface area contributed by atoms with Crippen LogP contribution in [0.4, 0.5) is 17.1 Å². The van der Waals surface area contributed by atoms with Gasteiger partial charge in [0.2, 0.25) is 0 Å². The van der Waals surface area contributed by atoms with Crippen LogP contribution in [-0.4, -0.2) is 6.71 Å². The van der Waals surface area contributed by atoms with Crippen molar-refractivity contribution in [3.05, 3.63) is 203 Å². The third-order valence-electron chi connectivity index (χ3n) is 13.0. The summed E-state index contributed by atoms with van der Waals surface area (Å²) < 4.78 is 6.95. The second-order valence-corrected chi connectivity index (χ2v) is 18.3. The van der Waals surface area contributed by atoms with Gasteiger partial charge in [-0.25, -0.2) is 0 Å². The molecule has 0 fully saturated rings. The molecule has 58 heavy (non-hydrogen) atoms. The van der Waals surface area contributed by atoms with Crippen molar-refractivity contribution in [1.82, 2.24) is 0 Å². The highest BCUT2D eigenvalue weighted by atomic mass is 32.2. The van der Waals surface area contributed by atoms with Gasteiger partial charge in [-0.1, -0.05) is 154 Å². The molecule has 0 unspecified atom stereocenters. The van der Waals surface area contributed by atoms with Crippen LogP contribution in [0.15, 0.2) is 180 Å². The van der Waals surface area contributed by atoms with Crippen LogP contribution in [0.3, 0.4) is 0 Å². The fourth-order valence-corrected chi connectivity index (χ4v) is 11.8. The molecular formula is C54H40BNOS. The topological polar surface area (TPSA) is 12.5 Å². The first-order valence-electron chi connectivity index (χ1n) is 20.4. The standard InChI is InChI=1S/C54H40BNOS/c1-33-30-45-51-47(31-33)57-46-23-13-12-22-42(46)55(51)52-44(56(45)43-28-26-35(53(2,3)4)32-37(43)34-16-6-5-7-17-34)29-27-41-50(52)36-18-8-9-19-38(36)54(41)39-20-10-14-24-48(39)58-49-25-15-11-21-40(49)54/h5-32H,1-4H3. The fourth-order valence-electron chi connectivity index (χ4n) is 10.6. The summed E-state index contributed by atoms with van der Waals surface area (Å²) in [6.45, 7) is 9.07. The normalized spacial score (nSPS) is 14.7. The summed E-state index contributed by atoms with van der Waals surface area (Å²) in [5.74, 6) is 1.86. The minimum absolute atomic E-state index is 0.0171. The van der Waals surface area contributed by atoms with Crippen molar-refractivity contribution in [2.75, 3.05) is 4.90 Å². The van der Waals surface area contributed by atoms with E-state index in [-0.39, 0.29) is 12.1 Å². The van der Waals surface area contributed by atoms with E-state index in [0.717, 1.165) is 17.2 Å². The highest BCUT2D eigenvalue weighted by molar-refractivity contribution is 7.99. The molecule has 0 atom stereocenters. The Morgan fingerprint density at radius 3 is 1.95 bits per heavy atom. The Hall–Kier alpha value is -6.23. The molecular weight excluding hydrogens is 721 g/mol. The molecule has 2 nitrogen and oxygen atoms in total. The van der Waals surface area contributed by atoms with Crippen molar-refractivity contribution in [2.45, 2.75) is 48.3 Å². The molecule has 0 radical (unpaired) electrons. The van der Waals surface area contributed by atoms with E-state index in [1.54, 1.807) is 0 Å². The van der Waals surface area contributed by atoms with Crippen LogP contribution in [0, 0.1) is 6.92 Å². The summed E-state index contributed by atoms with van der Waals surface area (Å²) in [4.78, 5) is 5.19. The lowest BCUT2D eigenvalue weighted by molar-refractivity contribution is 0.487. The van der Waals surface area contributed by atoms with E-state index in [2.05, 4.69) is 202 Å². The van der Waals surface area contributed by atoms with Gasteiger partial charge in [-0.05, 0) is 127 Å². The van der Waals surface area contributed by atoms with Crippen LogP contribution >= 0.6 is 11.8 Å². The molecule has 1 spiro atoms. The zero-order valence-electron chi connectivity index (χ0n) is 33.0. The molecule has 3 aliphatic heterocycles. The number of rotatable bonds is 2. The Bertz CT molecular complexity index is 2990. The summed E-state index contributed by atoms with van der Waals surface area (Å²) >= 11 is 1.90. The molecule has 12 rings (SSSR count). The zero-order valence-corrected chi connectivity index (χ0v) is 33.8. The van der Waals surface area contributed by atoms with Crippen molar-refractivity contribution >= 4 is 51.9 Å². The van der Waals surface area contributed by atoms with Gasteiger partial charge in [0.25, 0.3) is 6.71 Å². The van der Waals surface area contributed by atoms with E-state index in [9.17, 15) is 0 Å². The smallest absolute Gasteiger partial charge is 0.257 e. The van der Waals surface area contributed by atoms with Crippen molar-refractivity contribution < 1.29 is 4.74 Å². The highest BCUT2D eigenvalue weighted by Crippen LogP contribution is 2.63. The predicted molar refractivity (Wildman–Crippen MR) is 243 cm³/mol. The fraction of sp³-hybridized carbons (Fsp3) is 0.111. The van der Waals surface area contributed by atoms with Gasteiger partial charge in [0.05, 0.1) is 11.1 Å². The summed E-state index contributed by atoms with van der Waals surface area (Å²) in [5.41, 5.74) is 19.8. The average Bonchev–Trinajstić information content (AvgIpc) is 3.54. The van der Waals surface area contributed by atoms with Gasteiger partial charge in [-0.15, -0.1) is 0 Å². The number of aryl methyl sites for hydroxylation is 1. The highest BCUT2D eigenvalue weighted by Gasteiger charge is 2.53. The Kier molecular flexibility index (Phi) is 7.09. The number of ether oxygens (including phenoxy) is 1. The Morgan fingerprint density at radius 2 is 1.19 bits per heavy atom. The number of hydrogen-bond acceptors (Lipinski definition) is 3. The maximum atomic E-state index is 6.95. The van der Waals surface area contributed by atoms with E-state index in [1.807, 2.05) is 11.8 Å². The largest absolute Gasteiger partial charge is 0.458 e. The van der Waals surface area contributed by atoms with Crippen LogP contribution in [-0.2, 0) is 10.8 Å². The van der Waals surface area contributed by atoms with E-state index in [0.29, 0.717) is 0 Å².